The Morgan fingerprint density at radius 3 is 2.77 bits per heavy atom. The standard InChI is InChI=1S/C10H17NO2/c1-3-7-6-9(7)11-5-4-8(11)10(12)13-2/h7-9H,3-6H2,1-2H3. The number of nitrogens with zero attached hydrogens (tertiary/aromatic N) is 1. The van der Waals surface area contributed by atoms with Crippen molar-refractivity contribution < 1.29 is 9.53 Å². The van der Waals surface area contributed by atoms with Gasteiger partial charge in [0.15, 0.2) is 0 Å². The Morgan fingerprint density at radius 1 is 1.62 bits per heavy atom. The molecular weight excluding hydrogens is 166 g/mol. The van der Waals surface area contributed by atoms with Gasteiger partial charge in [0.2, 0.25) is 0 Å². The van der Waals surface area contributed by atoms with Gasteiger partial charge < -0.3 is 4.74 Å². The Bertz CT molecular complexity index is 217. The monoisotopic (exact) mass is 183 g/mol. The zero-order chi connectivity index (χ0) is 9.42. The van der Waals surface area contributed by atoms with Crippen molar-refractivity contribution in [3.05, 3.63) is 0 Å². The molecule has 0 spiro atoms. The van der Waals surface area contributed by atoms with Gasteiger partial charge in [-0.3, -0.25) is 9.69 Å². The van der Waals surface area contributed by atoms with Crippen molar-refractivity contribution in [2.45, 2.75) is 38.3 Å². The first-order valence-corrected chi connectivity index (χ1v) is 5.11. The van der Waals surface area contributed by atoms with Gasteiger partial charge in [-0.1, -0.05) is 13.3 Å². The van der Waals surface area contributed by atoms with Crippen LogP contribution < -0.4 is 0 Å². The van der Waals surface area contributed by atoms with Crippen molar-refractivity contribution in [2.24, 2.45) is 5.92 Å². The molecule has 2 rings (SSSR count). The number of carbonyl (C=O) groups excluding carboxylic acids is 1. The molecular formula is C10H17NO2. The van der Waals surface area contributed by atoms with E-state index < -0.39 is 0 Å². The van der Waals surface area contributed by atoms with Crippen LogP contribution in [0.3, 0.4) is 0 Å². The van der Waals surface area contributed by atoms with Crippen LogP contribution in [-0.4, -0.2) is 36.6 Å². The normalized spacial score (nSPS) is 38.2. The summed E-state index contributed by atoms with van der Waals surface area (Å²) in [5, 5.41) is 0. The SMILES string of the molecule is CCC1CC1N1CCC1C(=O)OC. The Kier molecular flexibility index (Phi) is 2.28. The molecule has 1 saturated carbocycles. The van der Waals surface area contributed by atoms with Crippen LogP contribution in [0.2, 0.25) is 0 Å². The van der Waals surface area contributed by atoms with Crippen molar-refractivity contribution in [3.8, 4) is 0 Å². The molecule has 0 amide bonds. The van der Waals surface area contributed by atoms with Crippen LogP contribution in [0.25, 0.3) is 0 Å². The van der Waals surface area contributed by atoms with Gasteiger partial charge in [0.25, 0.3) is 0 Å². The number of esters is 1. The minimum Gasteiger partial charge on any atom is -0.468 e. The predicted octanol–water partition coefficient (Wildman–Crippen LogP) is 1.03. The number of hydrogen-bond donors (Lipinski definition) is 0. The number of rotatable bonds is 3. The highest BCUT2D eigenvalue weighted by molar-refractivity contribution is 5.76. The Labute approximate surface area is 79.0 Å². The van der Waals surface area contributed by atoms with Crippen molar-refractivity contribution in [1.82, 2.24) is 4.90 Å². The zero-order valence-electron chi connectivity index (χ0n) is 8.32. The van der Waals surface area contributed by atoms with Crippen LogP contribution >= 0.6 is 0 Å². The Morgan fingerprint density at radius 2 is 2.38 bits per heavy atom. The molecule has 0 N–H and O–H groups in total. The number of methoxy groups -OCH3 is 1. The molecule has 0 aromatic rings. The van der Waals surface area contributed by atoms with Crippen molar-refractivity contribution in [3.63, 3.8) is 0 Å². The number of likely N-dealkylation sites (tertiary alicyclic amines) is 1. The number of carbonyl (C=O) groups is 1. The van der Waals surface area contributed by atoms with Gasteiger partial charge in [-0.2, -0.15) is 0 Å². The fourth-order valence-corrected chi connectivity index (χ4v) is 2.27. The van der Waals surface area contributed by atoms with E-state index in [2.05, 4.69) is 11.8 Å². The highest BCUT2D eigenvalue weighted by atomic mass is 16.5. The Hall–Kier alpha value is -0.570. The first-order chi connectivity index (χ1) is 6.27. The van der Waals surface area contributed by atoms with E-state index in [1.165, 1.54) is 20.0 Å². The second-order valence-corrected chi connectivity index (χ2v) is 4.04. The summed E-state index contributed by atoms with van der Waals surface area (Å²) in [6.45, 7) is 3.30. The van der Waals surface area contributed by atoms with Gasteiger partial charge in [-0.05, 0) is 18.8 Å². The molecule has 1 heterocycles. The molecule has 0 radical (unpaired) electrons. The third kappa shape index (κ3) is 1.46. The molecule has 3 heteroatoms. The van der Waals surface area contributed by atoms with Crippen LogP contribution in [0.15, 0.2) is 0 Å². The van der Waals surface area contributed by atoms with Crippen LogP contribution in [-0.2, 0) is 9.53 Å². The third-order valence-electron chi connectivity index (χ3n) is 3.37. The van der Waals surface area contributed by atoms with Crippen molar-refractivity contribution in [1.29, 1.82) is 0 Å². The highest BCUT2D eigenvalue weighted by Crippen LogP contribution is 2.42. The molecule has 3 unspecified atom stereocenters. The maximum atomic E-state index is 11.3. The summed E-state index contributed by atoms with van der Waals surface area (Å²) in [5.74, 6) is 0.792. The summed E-state index contributed by atoms with van der Waals surface area (Å²) in [4.78, 5) is 13.6. The van der Waals surface area contributed by atoms with E-state index in [4.69, 9.17) is 4.74 Å². The van der Waals surface area contributed by atoms with Gasteiger partial charge in [0.1, 0.15) is 6.04 Å². The quantitative estimate of drug-likeness (QED) is 0.612. The first kappa shape index (κ1) is 9.00. The van der Waals surface area contributed by atoms with Crippen molar-refractivity contribution >= 4 is 5.97 Å². The molecule has 1 aliphatic carbocycles. The number of hydrogen-bond acceptors (Lipinski definition) is 3. The highest BCUT2D eigenvalue weighted by Gasteiger charge is 2.48. The fourth-order valence-electron chi connectivity index (χ4n) is 2.27. The van der Waals surface area contributed by atoms with Gasteiger partial charge in [0.05, 0.1) is 7.11 Å². The molecule has 3 nitrogen and oxygen atoms in total. The molecule has 0 aromatic heterocycles. The average molecular weight is 183 g/mol. The summed E-state index contributed by atoms with van der Waals surface area (Å²) in [6, 6.07) is 0.759. The smallest absolute Gasteiger partial charge is 0.323 e. The summed E-state index contributed by atoms with van der Waals surface area (Å²) < 4.78 is 4.75. The molecule has 13 heavy (non-hydrogen) atoms. The molecule has 0 aromatic carbocycles. The lowest BCUT2D eigenvalue weighted by Gasteiger charge is -2.39. The topological polar surface area (TPSA) is 29.5 Å². The van der Waals surface area contributed by atoms with Crippen molar-refractivity contribution in [2.75, 3.05) is 13.7 Å². The van der Waals surface area contributed by atoms with Gasteiger partial charge in [-0.15, -0.1) is 0 Å². The van der Waals surface area contributed by atoms with Crippen LogP contribution in [0.4, 0.5) is 0 Å². The van der Waals surface area contributed by atoms with Crippen LogP contribution in [0, 0.1) is 5.92 Å². The van der Waals surface area contributed by atoms with E-state index >= 15 is 0 Å². The first-order valence-electron chi connectivity index (χ1n) is 5.11. The summed E-state index contributed by atoms with van der Waals surface area (Å²) >= 11 is 0. The Balaban J connectivity index is 1.85. The van der Waals surface area contributed by atoms with Gasteiger partial charge in [-0.25, -0.2) is 0 Å². The summed E-state index contributed by atoms with van der Waals surface area (Å²) in [7, 11) is 1.48. The minimum absolute atomic E-state index is 0.0481. The number of ether oxygens (including phenoxy) is 1. The third-order valence-corrected chi connectivity index (χ3v) is 3.37. The van der Waals surface area contributed by atoms with Gasteiger partial charge >= 0.3 is 5.97 Å². The molecule has 0 bridgehead atoms. The lowest BCUT2D eigenvalue weighted by atomic mass is 10.0. The molecule has 3 atom stereocenters. The van der Waals surface area contributed by atoms with E-state index in [1.54, 1.807) is 0 Å². The molecule has 74 valence electrons. The van der Waals surface area contributed by atoms with E-state index in [-0.39, 0.29) is 12.0 Å². The predicted molar refractivity (Wildman–Crippen MR) is 49.3 cm³/mol. The molecule has 1 saturated heterocycles. The second kappa shape index (κ2) is 3.29. The summed E-state index contributed by atoms with van der Waals surface area (Å²) in [5.41, 5.74) is 0. The largest absolute Gasteiger partial charge is 0.468 e. The van der Waals surface area contributed by atoms with Crippen LogP contribution in [0.1, 0.15) is 26.2 Å². The maximum absolute atomic E-state index is 11.3. The molecule has 2 fully saturated rings. The van der Waals surface area contributed by atoms with Crippen LogP contribution in [0.5, 0.6) is 0 Å². The maximum Gasteiger partial charge on any atom is 0.323 e. The van der Waals surface area contributed by atoms with E-state index in [9.17, 15) is 4.79 Å². The zero-order valence-corrected chi connectivity index (χ0v) is 8.32. The lowest BCUT2D eigenvalue weighted by Crippen LogP contribution is -2.54. The van der Waals surface area contributed by atoms with E-state index in [0.717, 1.165) is 18.9 Å². The van der Waals surface area contributed by atoms with Gasteiger partial charge in [0, 0.05) is 12.6 Å². The van der Waals surface area contributed by atoms with E-state index in [0.29, 0.717) is 6.04 Å². The minimum atomic E-state index is -0.0481. The molecule has 1 aliphatic heterocycles. The fraction of sp³-hybridized carbons (Fsp3) is 0.900. The second-order valence-electron chi connectivity index (χ2n) is 4.04. The average Bonchev–Trinajstić information content (AvgIpc) is 2.81. The molecule has 2 aliphatic rings. The van der Waals surface area contributed by atoms with E-state index in [1.807, 2.05) is 0 Å². The summed E-state index contributed by atoms with van der Waals surface area (Å²) in [6.07, 6.45) is 3.51. The lowest BCUT2D eigenvalue weighted by molar-refractivity contribution is -0.152.